The van der Waals surface area contributed by atoms with E-state index in [0.717, 1.165) is 17.7 Å². The summed E-state index contributed by atoms with van der Waals surface area (Å²) in [6, 6.07) is 16.0. The molecule has 0 aliphatic carbocycles. The van der Waals surface area contributed by atoms with Gasteiger partial charge in [-0.2, -0.15) is 26.3 Å². The molecule has 0 fully saturated rings. The molecule has 1 unspecified atom stereocenters. The number of benzene rings is 3. The summed E-state index contributed by atoms with van der Waals surface area (Å²) in [4.78, 5) is 0. The molecule has 1 atom stereocenters. The van der Waals surface area contributed by atoms with Gasteiger partial charge in [0.05, 0.1) is 16.8 Å². The summed E-state index contributed by atoms with van der Waals surface area (Å²) in [7, 11) is 0. The van der Waals surface area contributed by atoms with Gasteiger partial charge in [0.1, 0.15) is 0 Å². The number of hydrogen-bond donors (Lipinski definition) is 1. The van der Waals surface area contributed by atoms with Crippen LogP contribution in [-0.2, 0) is 12.4 Å². The third kappa shape index (κ3) is 6.09. The third-order valence-corrected chi connectivity index (χ3v) is 5.38. The van der Waals surface area contributed by atoms with Crippen LogP contribution in [0.1, 0.15) is 49.8 Å². The molecule has 7 heteroatoms. The second-order valence-electron chi connectivity index (χ2n) is 8.59. The highest BCUT2D eigenvalue weighted by Crippen LogP contribution is 2.45. The Morgan fingerprint density at radius 2 is 1.39 bits per heavy atom. The lowest BCUT2D eigenvalue weighted by Gasteiger charge is -2.25. The molecule has 3 rings (SSSR count). The zero-order valence-electron chi connectivity index (χ0n) is 18.5. The number of rotatable bonds is 6. The largest absolute Gasteiger partial charge is 0.418 e. The summed E-state index contributed by atoms with van der Waals surface area (Å²) in [6.07, 6.45) is -8.77. The molecule has 1 N–H and O–H groups in total. The highest BCUT2D eigenvalue weighted by atomic mass is 19.4. The summed E-state index contributed by atoms with van der Waals surface area (Å²) in [5.41, 5.74) is -0.731. The smallest absolute Gasteiger partial charge is 0.355 e. The van der Waals surface area contributed by atoms with Crippen molar-refractivity contribution >= 4 is 11.4 Å². The van der Waals surface area contributed by atoms with Crippen molar-refractivity contribution in [2.45, 2.75) is 45.5 Å². The van der Waals surface area contributed by atoms with Crippen LogP contribution in [0.25, 0.3) is 11.1 Å². The highest BCUT2D eigenvalue weighted by Gasteiger charge is 2.38. The van der Waals surface area contributed by atoms with Crippen LogP contribution in [0.4, 0.5) is 37.7 Å². The van der Waals surface area contributed by atoms with Crippen molar-refractivity contribution in [1.82, 2.24) is 0 Å². The molecule has 0 aliphatic heterocycles. The lowest BCUT2D eigenvalue weighted by Crippen LogP contribution is -2.15. The van der Waals surface area contributed by atoms with Gasteiger partial charge in [-0.05, 0) is 59.2 Å². The first-order valence-corrected chi connectivity index (χ1v) is 10.6. The molecule has 0 radical (unpaired) electrons. The number of alkyl halides is 6. The van der Waals surface area contributed by atoms with Gasteiger partial charge in [-0.25, -0.2) is 0 Å². The fourth-order valence-electron chi connectivity index (χ4n) is 4.03. The average molecular weight is 465 g/mol. The zero-order valence-corrected chi connectivity index (χ0v) is 18.5. The van der Waals surface area contributed by atoms with E-state index in [9.17, 15) is 26.3 Å². The topological polar surface area (TPSA) is 12.0 Å². The minimum Gasteiger partial charge on any atom is -0.355 e. The molecule has 0 bridgehead atoms. The first-order chi connectivity index (χ1) is 15.4. The van der Waals surface area contributed by atoms with Crippen molar-refractivity contribution in [3.63, 3.8) is 0 Å². The van der Waals surface area contributed by atoms with E-state index in [2.05, 4.69) is 5.32 Å². The molecule has 0 amide bonds. The molecule has 3 aromatic carbocycles. The SMILES string of the molecule is CC(C)CC(C)c1cc(-c2ccccc2)cc(Nc2cccc(C(F)(F)F)c2)c1C(F)(F)F. The van der Waals surface area contributed by atoms with Crippen molar-refractivity contribution in [2.75, 3.05) is 5.32 Å². The Morgan fingerprint density at radius 1 is 0.727 bits per heavy atom. The minimum atomic E-state index is -4.69. The van der Waals surface area contributed by atoms with Gasteiger partial charge in [-0.1, -0.05) is 63.2 Å². The molecule has 33 heavy (non-hydrogen) atoms. The molecular weight excluding hydrogens is 440 g/mol. The van der Waals surface area contributed by atoms with Crippen LogP contribution in [0, 0.1) is 5.92 Å². The van der Waals surface area contributed by atoms with E-state index in [-0.39, 0.29) is 22.9 Å². The van der Waals surface area contributed by atoms with Gasteiger partial charge < -0.3 is 5.32 Å². The predicted molar refractivity (Wildman–Crippen MR) is 119 cm³/mol. The van der Waals surface area contributed by atoms with E-state index in [1.54, 1.807) is 43.3 Å². The maximum atomic E-state index is 14.3. The Morgan fingerprint density at radius 3 is 1.97 bits per heavy atom. The average Bonchev–Trinajstić information content (AvgIpc) is 2.72. The number of nitrogens with one attached hydrogen (secondary N) is 1. The van der Waals surface area contributed by atoms with Gasteiger partial charge in [0.25, 0.3) is 0 Å². The van der Waals surface area contributed by atoms with Gasteiger partial charge >= 0.3 is 12.4 Å². The summed E-state index contributed by atoms with van der Waals surface area (Å²) in [6.45, 7) is 5.62. The van der Waals surface area contributed by atoms with Crippen LogP contribution in [0.5, 0.6) is 0 Å². The Balaban J connectivity index is 2.22. The fourth-order valence-corrected chi connectivity index (χ4v) is 4.03. The van der Waals surface area contributed by atoms with Gasteiger partial charge in [-0.3, -0.25) is 0 Å². The summed E-state index contributed by atoms with van der Waals surface area (Å²) in [5.74, 6) is -0.242. The molecular formula is C26H25F6N. The van der Waals surface area contributed by atoms with Crippen molar-refractivity contribution in [3.05, 3.63) is 83.4 Å². The first kappa shape index (κ1) is 24.7. The van der Waals surface area contributed by atoms with Crippen molar-refractivity contribution in [2.24, 2.45) is 5.92 Å². The maximum Gasteiger partial charge on any atom is 0.418 e. The Hall–Kier alpha value is -2.96. The first-order valence-electron chi connectivity index (χ1n) is 10.6. The second kappa shape index (κ2) is 9.49. The Kier molecular flexibility index (Phi) is 7.10. The fraction of sp³-hybridized carbons (Fsp3) is 0.308. The van der Waals surface area contributed by atoms with Gasteiger partial charge in [0, 0.05) is 5.69 Å². The molecule has 0 spiro atoms. The van der Waals surface area contributed by atoms with E-state index in [1.807, 2.05) is 13.8 Å². The second-order valence-corrected chi connectivity index (χ2v) is 8.59. The van der Waals surface area contributed by atoms with E-state index < -0.39 is 29.4 Å². The predicted octanol–water partition coefficient (Wildman–Crippen LogP) is 9.28. The van der Waals surface area contributed by atoms with E-state index in [1.165, 1.54) is 18.2 Å². The van der Waals surface area contributed by atoms with E-state index in [0.29, 0.717) is 12.0 Å². The lowest BCUT2D eigenvalue weighted by molar-refractivity contribution is -0.138. The van der Waals surface area contributed by atoms with Gasteiger partial charge in [0.15, 0.2) is 0 Å². The van der Waals surface area contributed by atoms with Crippen LogP contribution in [0.15, 0.2) is 66.7 Å². The van der Waals surface area contributed by atoms with Crippen LogP contribution in [-0.4, -0.2) is 0 Å². The molecule has 0 saturated heterocycles. The standard InChI is InChI=1S/C26H25F6N/c1-16(2)12-17(3)22-13-19(18-8-5-4-6-9-18)14-23(24(22)26(30,31)32)33-21-11-7-10-20(15-21)25(27,28)29/h4-11,13-17,33H,12H2,1-3H3. The number of anilines is 2. The summed E-state index contributed by atoms with van der Waals surface area (Å²) >= 11 is 0. The van der Waals surface area contributed by atoms with Crippen LogP contribution in [0.2, 0.25) is 0 Å². The van der Waals surface area contributed by atoms with Crippen LogP contribution >= 0.6 is 0 Å². The molecule has 0 heterocycles. The Bertz CT molecular complexity index is 1080. The molecule has 1 nitrogen and oxygen atoms in total. The summed E-state index contributed by atoms with van der Waals surface area (Å²) in [5, 5.41) is 2.63. The van der Waals surface area contributed by atoms with E-state index >= 15 is 0 Å². The Labute approximate surface area is 189 Å². The third-order valence-electron chi connectivity index (χ3n) is 5.38. The van der Waals surface area contributed by atoms with Crippen molar-refractivity contribution in [3.8, 4) is 11.1 Å². The van der Waals surface area contributed by atoms with Gasteiger partial charge in [0.2, 0.25) is 0 Å². The highest BCUT2D eigenvalue weighted by molar-refractivity contribution is 5.76. The molecule has 3 aromatic rings. The molecule has 0 saturated carbocycles. The van der Waals surface area contributed by atoms with Crippen molar-refractivity contribution in [1.29, 1.82) is 0 Å². The number of hydrogen-bond acceptors (Lipinski definition) is 1. The number of halogens is 6. The van der Waals surface area contributed by atoms with Crippen molar-refractivity contribution < 1.29 is 26.3 Å². The van der Waals surface area contributed by atoms with Crippen LogP contribution < -0.4 is 5.32 Å². The summed E-state index contributed by atoms with van der Waals surface area (Å²) < 4.78 is 82.3. The van der Waals surface area contributed by atoms with E-state index in [4.69, 9.17) is 0 Å². The monoisotopic (exact) mass is 465 g/mol. The molecule has 0 aliphatic rings. The normalized spacial score (nSPS) is 13.3. The molecule has 0 aromatic heterocycles. The van der Waals surface area contributed by atoms with Crippen LogP contribution in [0.3, 0.4) is 0 Å². The maximum absolute atomic E-state index is 14.3. The molecule has 176 valence electrons. The van der Waals surface area contributed by atoms with Gasteiger partial charge in [-0.15, -0.1) is 0 Å². The zero-order chi connectivity index (χ0) is 24.4. The quantitative estimate of drug-likeness (QED) is 0.358. The minimum absolute atomic E-state index is 0.0667. The lowest BCUT2D eigenvalue weighted by atomic mass is 9.85.